The third-order valence-electron chi connectivity index (χ3n) is 3.27. The summed E-state index contributed by atoms with van der Waals surface area (Å²) in [5.41, 5.74) is 3.04. The van der Waals surface area contributed by atoms with Gasteiger partial charge in [-0.15, -0.1) is 11.3 Å². The van der Waals surface area contributed by atoms with Crippen LogP contribution in [0, 0.1) is 3.57 Å². The summed E-state index contributed by atoms with van der Waals surface area (Å²) in [6.07, 6.45) is 0. The zero-order valence-corrected chi connectivity index (χ0v) is 14.3. The lowest BCUT2D eigenvalue weighted by atomic mass is 10.2. The van der Waals surface area contributed by atoms with Gasteiger partial charge >= 0.3 is 0 Å². The van der Waals surface area contributed by atoms with E-state index in [-0.39, 0.29) is 6.79 Å². The number of ether oxygens (including phenoxy) is 2. The van der Waals surface area contributed by atoms with Crippen LogP contribution in [0.1, 0.15) is 0 Å². The lowest BCUT2D eigenvalue weighted by Gasteiger charge is -2.03. The van der Waals surface area contributed by atoms with E-state index in [2.05, 4.69) is 62.5 Å². The fraction of sp³-hybridized carbons (Fsp3) is 0.0625. The fourth-order valence-corrected chi connectivity index (χ4v) is 3.28. The van der Waals surface area contributed by atoms with Crippen molar-refractivity contribution in [1.29, 1.82) is 0 Å². The SMILES string of the molecule is Ic1ccc(-c2csc(Nc3ccc4c(c3)OCO4)n2)cc1. The highest BCUT2D eigenvalue weighted by Gasteiger charge is 2.13. The molecule has 0 spiro atoms. The van der Waals surface area contributed by atoms with Crippen molar-refractivity contribution in [1.82, 2.24) is 4.98 Å². The Hall–Kier alpha value is -1.80. The molecular weight excluding hydrogens is 411 g/mol. The quantitative estimate of drug-likeness (QED) is 0.611. The monoisotopic (exact) mass is 422 g/mol. The van der Waals surface area contributed by atoms with Crippen LogP contribution in [0.4, 0.5) is 10.8 Å². The lowest BCUT2D eigenvalue weighted by molar-refractivity contribution is 0.174. The summed E-state index contributed by atoms with van der Waals surface area (Å²) in [5.74, 6) is 1.55. The predicted molar refractivity (Wildman–Crippen MR) is 96.1 cm³/mol. The molecule has 2 heterocycles. The van der Waals surface area contributed by atoms with Gasteiger partial charge in [-0.3, -0.25) is 0 Å². The Kier molecular flexibility index (Phi) is 3.63. The first kappa shape index (κ1) is 13.8. The number of benzene rings is 2. The van der Waals surface area contributed by atoms with Crippen LogP contribution < -0.4 is 14.8 Å². The van der Waals surface area contributed by atoms with Crippen LogP contribution in [0.25, 0.3) is 11.3 Å². The average Bonchev–Trinajstić information content (AvgIpc) is 3.17. The van der Waals surface area contributed by atoms with Gasteiger partial charge in [0, 0.05) is 26.3 Å². The smallest absolute Gasteiger partial charge is 0.231 e. The van der Waals surface area contributed by atoms with Crippen LogP contribution in [0.5, 0.6) is 11.5 Å². The molecular formula is C16H11IN2O2S. The number of nitrogens with zero attached hydrogens (tertiary/aromatic N) is 1. The normalized spacial score (nSPS) is 12.4. The highest BCUT2D eigenvalue weighted by molar-refractivity contribution is 14.1. The molecule has 0 bridgehead atoms. The highest BCUT2D eigenvalue weighted by atomic mass is 127. The molecule has 1 aliphatic heterocycles. The molecule has 0 aliphatic carbocycles. The summed E-state index contributed by atoms with van der Waals surface area (Å²) in [4.78, 5) is 4.63. The van der Waals surface area contributed by atoms with Gasteiger partial charge in [0.05, 0.1) is 5.69 Å². The highest BCUT2D eigenvalue weighted by Crippen LogP contribution is 2.36. The van der Waals surface area contributed by atoms with Crippen molar-refractivity contribution in [3.8, 4) is 22.8 Å². The molecule has 1 aromatic heterocycles. The number of thiazole rings is 1. The second-order valence-electron chi connectivity index (χ2n) is 4.74. The first-order valence-corrected chi connectivity index (χ1v) is 8.62. The van der Waals surface area contributed by atoms with Crippen molar-refractivity contribution in [3.05, 3.63) is 51.4 Å². The molecule has 2 aromatic carbocycles. The van der Waals surface area contributed by atoms with E-state index in [9.17, 15) is 0 Å². The molecule has 0 fully saturated rings. The van der Waals surface area contributed by atoms with Gasteiger partial charge in [0.2, 0.25) is 6.79 Å². The Balaban J connectivity index is 1.55. The third kappa shape index (κ3) is 2.76. The van der Waals surface area contributed by atoms with E-state index in [1.54, 1.807) is 11.3 Å². The minimum atomic E-state index is 0.285. The Bertz CT molecular complexity index is 817. The number of fused-ring (bicyclic) bond motifs is 1. The van der Waals surface area contributed by atoms with E-state index in [0.29, 0.717) is 0 Å². The maximum Gasteiger partial charge on any atom is 0.231 e. The first-order valence-electron chi connectivity index (χ1n) is 6.66. The number of anilines is 2. The Morgan fingerprint density at radius 2 is 1.86 bits per heavy atom. The maximum atomic E-state index is 5.38. The summed E-state index contributed by atoms with van der Waals surface area (Å²) in [5, 5.41) is 6.21. The molecule has 1 aliphatic rings. The van der Waals surface area contributed by atoms with Crippen LogP contribution in [0.3, 0.4) is 0 Å². The van der Waals surface area contributed by atoms with Gasteiger partial charge in [-0.2, -0.15) is 0 Å². The predicted octanol–water partition coefficient (Wildman–Crippen LogP) is 4.89. The first-order chi connectivity index (χ1) is 10.8. The van der Waals surface area contributed by atoms with Crippen molar-refractivity contribution in [2.24, 2.45) is 0 Å². The molecule has 6 heteroatoms. The molecule has 0 radical (unpaired) electrons. The molecule has 0 unspecified atom stereocenters. The van der Waals surface area contributed by atoms with Crippen molar-refractivity contribution in [2.75, 3.05) is 12.1 Å². The van der Waals surface area contributed by atoms with Crippen LogP contribution in [0.2, 0.25) is 0 Å². The maximum absolute atomic E-state index is 5.38. The summed E-state index contributed by atoms with van der Waals surface area (Å²) in [6, 6.07) is 14.1. The van der Waals surface area contributed by atoms with E-state index in [0.717, 1.165) is 33.6 Å². The van der Waals surface area contributed by atoms with Crippen LogP contribution in [-0.2, 0) is 0 Å². The van der Waals surface area contributed by atoms with E-state index in [4.69, 9.17) is 9.47 Å². The average molecular weight is 422 g/mol. The zero-order chi connectivity index (χ0) is 14.9. The van der Waals surface area contributed by atoms with E-state index in [1.807, 2.05) is 18.2 Å². The molecule has 0 saturated heterocycles. The number of halogens is 1. The number of hydrogen-bond acceptors (Lipinski definition) is 5. The fourth-order valence-electron chi connectivity index (χ4n) is 2.18. The van der Waals surface area contributed by atoms with Gasteiger partial charge in [-0.1, -0.05) is 12.1 Å². The van der Waals surface area contributed by atoms with Crippen molar-refractivity contribution in [2.45, 2.75) is 0 Å². The van der Waals surface area contributed by atoms with Crippen LogP contribution >= 0.6 is 33.9 Å². The second-order valence-corrected chi connectivity index (χ2v) is 6.84. The van der Waals surface area contributed by atoms with Gasteiger partial charge in [0.25, 0.3) is 0 Å². The zero-order valence-electron chi connectivity index (χ0n) is 11.4. The number of aromatic nitrogens is 1. The van der Waals surface area contributed by atoms with Crippen molar-refractivity contribution in [3.63, 3.8) is 0 Å². The molecule has 110 valence electrons. The van der Waals surface area contributed by atoms with Crippen LogP contribution in [-0.4, -0.2) is 11.8 Å². The molecule has 3 aromatic rings. The topological polar surface area (TPSA) is 43.4 Å². The second kappa shape index (κ2) is 5.77. The summed E-state index contributed by atoms with van der Waals surface area (Å²) < 4.78 is 11.9. The Morgan fingerprint density at radius 3 is 2.73 bits per heavy atom. The minimum absolute atomic E-state index is 0.285. The molecule has 0 amide bonds. The summed E-state index contributed by atoms with van der Waals surface area (Å²) >= 11 is 3.88. The Morgan fingerprint density at radius 1 is 1.05 bits per heavy atom. The number of rotatable bonds is 3. The van der Waals surface area contributed by atoms with Gasteiger partial charge in [0.1, 0.15) is 0 Å². The molecule has 0 saturated carbocycles. The summed E-state index contributed by atoms with van der Waals surface area (Å²) in [7, 11) is 0. The summed E-state index contributed by atoms with van der Waals surface area (Å²) in [6.45, 7) is 0.285. The number of nitrogens with one attached hydrogen (secondary N) is 1. The molecule has 4 rings (SSSR count). The standard InChI is InChI=1S/C16H11IN2O2S/c17-11-3-1-10(2-4-11)13-8-22-16(19-13)18-12-5-6-14-15(7-12)21-9-20-14/h1-8H,9H2,(H,18,19). The Labute approximate surface area is 145 Å². The number of hydrogen-bond donors (Lipinski definition) is 1. The van der Waals surface area contributed by atoms with Crippen molar-refractivity contribution >= 4 is 44.7 Å². The van der Waals surface area contributed by atoms with E-state index >= 15 is 0 Å². The lowest BCUT2D eigenvalue weighted by Crippen LogP contribution is -1.93. The molecule has 22 heavy (non-hydrogen) atoms. The molecule has 1 N–H and O–H groups in total. The van der Waals surface area contributed by atoms with Crippen molar-refractivity contribution < 1.29 is 9.47 Å². The van der Waals surface area contributed by atoms with E-state index < -0.39 is 0 Å². The largest absolute Gasteiger partial charge is 0.454 e. The van der Waals surface area contributed by atoms with Crippen LogP contribution in [0.15, 0.2) is 47.8 Å². The third-order valence-corrected chi connectivity index (χ3v) is 4.74. The van der Waals surface area contributed by atoms with Gasteiger partial charge in [0.15, 0.2) is 16.6 Å². The van der Waals surface area contributed by atoms with E-state index in [1.165, 1.54) is 3.57 Å². The van der Waals surface area contributed by atoms with Gasteiger partial charge in [-0.25, -0.2) is 4.98 Å². The molecule has 4 nitrogen and oxygen atoms in total. The van der Waals surface area contributed by atoms with Gasteiger partial charge in [-0.05, 0) is 46.9 Å². The minimum Gasteiger partial charge on any atom is -0.454 e. The van der Waals surface area contributed by atoms with Gasteiger partial charge < -0.3 is 14.8 Å². The molecule has 0 atom stereocenters.